The fourth-order valence-electron chi connectivity index (χ4n) is 2.95. The third kappa shape index (κ3) is 2.20. The highest BCUT2D eigenvalue weighted by Crippen LogP contribution is 2.49. The van der Waals surface area contributed by atoms with Gasteiger partial charge in [-0.05, 0) is 6.07 Å². The molecule has 9 nitrogen and oxygen atoms in total. The maximum Gasteiger partial charge on any atom is 0.339 e. The number of esters is 1. The first-order valence-electron chi connectivity index (χ1n) is 6.87. The molecule has 1 fully saturated rings. The molecule has 2 heterocycles. The summed E-state index contributed by atoms with van der Waals surface area (Å²) in [4.78, 5) is 12.1. The molecule has 0 radical (unpaired) electrons. The number of rotatable bonds is 2. The van der Waals surface area contributed by atoms with Crippen LogP contribution in [0.5, 0.6) is 17.2 Å². The van der Waals surface area contributed by atoms with Crippen LogP contribution in [0.15, 0.2) is 6.07 Å². The van der Waals surface area contributed by atoms with Gasteiger partial charge in [0, 0.05) is 5.56 Å². The van der Waals surface area contributed by atoms with Gasteiger partial charge in [-0.25, -0.2) is 4.79 Å². The first kappa shape index (κ1) is 15.8. The van der Waals surface area contributed by atoms with E-state index in [0.717, 1.165) is 6.07 Å². The molecule has 9 heteroatoms. The monoisotopic (exact) mass is 328 g/mol. The number of phenols is 2. The number of ether oxygens (including phenoxy) is 3. The number of aromatic hydroxyl groups is 2. The predicted octanol–water partition coefficient (Wildman–Crippen LogP) is -1.20. The Hall–Kier alpha value is -2.07. The SMILES string of the molecule is COc1c(O)cc2c(c1O)[C@@H]1O[C@H](CO)[C@@H](O)[C@H](O)[C@@H]1OC2=O. The Kier molecular flexibility index (Phi) is 3.80. The molecule has 0 aromatic heterocycles. The van der Waals surface area contributed by atoms with Crippen molar-refractivity contribution in [1.82, 2.24) is 0 Å². The van der Waals surface area contributed by atoms with Crippen LogP contribution in [0.25, 0.3) is 0 Å². The van der Waals surface area contributed by atoms with Gasteiger partial charge in [-0.3, -0.25) is 0 Å². The van der Waals surface area contributed by atoms with Crippen molar-refractivity contribution in [1.29, 1.82) is 0 Å². The molecule has 0 amide bonds. The minimum atomic E-state index is -1.51. The van der Waals surface area contributed by atoms with Gasteiger partial charge in [0.25, 0.3) is 0 Å². The summed E-state index contributed by atoms with van der Waals surface area (Å²) in [7, 11) is 1.22. The van der Waals surface area contributed by atoms with Crippen LogP contribution in [0.2, 0.25) is 0 Å². The second kappa shape index (κ2) is 5.53. The summed E-state index contributed by atoms with van der Waals surface area (Å²) in [5, 5.41) is 49.3. The molecule has 1 aromatic rings. The summed E-state index contributed by atoms with van der Waals surface area (Å²) in [6.07, 6.45) is -6.50. The Bertz CT molecular complexity index is 644. The van der Waals surface area contributed by atoms with Gasteiger partial charge in [-0.1, -0.05) is 0 Å². The largest absolute Gasteiger partial charge is 0.504 e. The lowest BCUT2D eigenvalue weighted by Gasteiger charge is -2.44. The van der Waals surface area contributed by atoms with Crippen LogP contribution >= 0.6 is 0 Å². The standard InChI is InChI=1S/C14H16O9/c1-21-11-5(16)2-4-7(9(11)18)12-13(23-14(4)20)10(19)8(17)6(3-15)22-12/h2,6,8,10,12-13,15-19H,3H2,1H3/t6-,8-,10+,12+,13+/m1/s1. The van der Waals surface area contributed by atoms with Crippen molar-refractivity contribution in [3.63, 3.8) is 0 Å². The summed E-state index contributed by atoms with van der Waals surface area (Å²) >= 11 is 0. The molecule has 1 aromatic carbocycles. The fraction of sp³-hybridized carbons (Fsp3) is 0.500. The molecule has 126 valence electrons. The topological polar surface area (TPSA) is 146 Å². The van der Waals surface area contributed by atoms with E-state index in [1.807, 2.05) is 0 Å². The van der Waals surface area contributed by atoms with E-state index >= 15 is 0 Å². The average Bonchev–Trinajstić information content (AvgIpc) is 2.52. The highest BCUT2D eigenvalue weighted by Gasteiger charge is 2.52. The van der Waals surface area contributed by atoms with E-state index in [1.165, 1.54) is 7.11 Å². The zero-order valence-corrected chi connectivity index (χ0v) is 12.0. The molecule has 0 aliphatic carbocycles. The second-order valence-corrected chi connectivity index (χ2v) is 5.37. The number of carbonyl (C=O) groups excluding carboxylic acids is 1. The normalized spacial score (nSPS) is 32.7. The van der Waals surface area contributed by atoms with Gasteiger partial charge in [-0.2, -0.15) is 0 Å². The third-order valence-electron chi connectivity index (χ3n) is 4.09. The van der Waals surface area contributed by atoms with Crippen LogP contribution in [-0.2, 0) is 9.47 Å². The van der Waals surface area contributed by atoms with Gasteiger partial charge < -0.3 is 39.7 Å². The van der Waals surface area contributed by atoms with Gasteiger partial charge in [0.15, 0.2) is 17.6 Å². The van der Waals surface area contributed by atoms with Crippen LogP contribution in [0, 0.1) is 0 Å². The van der Waals surface area contributed by atoms with Gasteiger partial charge in [0.2, 0.25) is 5.75 Å². The Labute approximate surface area is 130 Å². The van der Waals surface area contributed by atoms with E-state index in [4.69, 9.17) is 14.2 Å². The lowest BCUT2D eigenvalue weighted by molar-refractivity contribution is -0.235. The maximum absolute atomic E-state index is 12.1. The molecule has 3 rings (SSSR count). The molecule has 2 aliphatic rings. The summed E-state index contributed by atoms with van der Waals surface area (Å²) in [5.74, 6) is -2.16. The van der Waals surface area contributed by atoms with E-state index in [-0.39, 0.29) is 16.9 Å². The smallest absolute Gasteiger partial charge is 0.339 e. The number of carbonyl (C=O) groups is 1. The number of benzene rings is 1. The molecule has 0 bridgehead atoms. The quantitative estimate of drug-likeness (QED) is 0.422. The first-order valence-corrected chi connectivity index (χ1v) is 6.87. The second-order valence-electron chi connectivity index (χ2n) is 5.37. The summed E-state index contributed by atoms with van der Waals surface area (Å²) in [5.41, 5.74) is -0.187. The molecule has 0 saturated carbocycles. The lowest BCUT2D eigenvalue weighted by atomic mass is 9.86. The number of hydrogen-bond acceptors (Lipinski definition) is 9. The van der Waals surface area contributed by atoms with Crippen molar-refractivity contribution in [3.8, 4) is 17.2 Å². The molecular weight excluding hydrogens is 312 g/mol. The molecule has 23 heavy (non-hydrogen) atoms. The maximum atomic E-state index is 12.1. The number of hydrogen-bond donors (Lipinski definition) is 5. The number of aliphatic hydroxyl groups excluding tert-OH is 3. The Morgan fingerprint density at radius 3 is 2.57 bits per heavy atom. The number of aliphatic hydroxyl groups is 3. The van der Waals surface area contributed by atoms with E-state index < -0.39 is 54.6 Å². The molecule has 0 unspecified atom stereocenters. The summed E-state index contributed by atoms with van der Waals surface area (Å²) < 4.78 is 15.4. The van der Waals surface area contributed by atoms with Crippen LogP contribution in [0.4, 0.5) is 0 Å². The zero-order valence-electron chi connectivity index (χ0n) is 12.0. The highest BCUT2D eigenvalue weighted by atomic mass is 16.6. The van der Waals surface area contributed by atoms with Crippen molar-refractivity contribution in [2.45, 2.75) is 30.5 Å². The highest BCUT2D eigenvalue weighted by molar-refractivity contribution is 5.95. The van der Waals surface area contributed by atoms with Crippen LogP contribution < -0.4 is 4.74 Å². The summed E-state index contributed by atoms with van der Waals surface area (Å²) in [6.45, 7) is -0.583. The molecule has 5 atom stereocenters. The first-order chi connectivity index (χ1) is 10.9. The third-order valence-corrected chi connectivity index (χ3v) is 4.09. The number of methoxy groups -OCH3 is 1. The van der Waals surface area contributed by atoms with Gasteiger partial charge in [0.05, 0.1) is 19.3 Å². The van der Waals surface area contributed by atoms with Crippen LogP contribution in [-0.4, -0.2) is 69.6 Å². The minimum absolute atomic E-state index is 0.0368. The van der Waals surface area contributed by atoms with E-state index in [9.17, 15) is 30.3 Å². The van der Waals surface area contributed by atoms with Gasteiger partial charge >= 0.3 is 5.97 Å². The predicted molar refractivity (Wildman–Crippen MR) is 72.2 cm³/mol. The zero-order chi connectivity index (χ0) is 16.9. The minimum Gasteiger partial charge on any atom is -0.504 e. The van der Waals surface area contributed by atoms with Crippen molar-refractivity contribution >= 4 is 5.97 Å². The molecule has 0 spiro atoms. The van der Waals surface area contributed by atoms with Crippen molar-refractivity contribution in [2.24, 2.45) is 0 Å². The van der Waals surface area contributed by atoms with Crippen LogP contribution in [0.1, 0.15) is 22.0 Å². The fourth-order valence-corrected chi connectivity index (χ4v) is 2.95. The number of fused-ring (bicyclic) bond motifs is 3. The van der Waals surface area contributed by atoms with Crippen LogP contribution in [0.3, 0.4) is 0 Å². The van der Waals surface area contributed by atoms with Crippen molar-refractivity contribution in [2.75, 3.05) is 13.7 Å². The molecule has 2 aliphatic heterocycles. The van der Waals surface area contributed by atoms with E-state index in [0.29, 0.717) is 0 Å². The lowest BCUT2D eigenvalue weighted by Crippen LogP contribution is -2.58. The Morgan fingerprint density at radius 1 is 1.26 bits per heavy atom. The Morgan fingerprint density at radius 2 is 1.96 bits per heavy atom. The average molecular weight is 328 g/mol. The van der Waals surface area contributed by atoms with E-state index in [2.05, 4.69) is 0 Å². The van der Waals surface area contributed by atoms with Crippen molar-refractivity contribution in [3.05, 3.63) is 17.2 Å². The van der Waals surface area contributed by atoms with Gasteiger partial charge in [0.1, 0.15) is 24.4 Å². The molecule has 5 N–H and O–H groups in total. The van der Waals surface area contributed by atoms with E-state index in [1.54, 1.807) is 0 Å². The molecule has 1 saturated heterocycles. The number of phenolic OH excluding ortho intramolecular Hbond substituents is 2. The van der Waals surface area contributed by atoms with Gasteiger partial charge in [-0.15, -0.1) is 0 Å². The van der Waals surface area contributed by atoms with Crippen molar-refractivity contribution < 1.29 is 44.5 Å². The Balaban J connectivity index is 2.16. The summed E-state index contributed by atoms with van der Waals surface area (Å²) in [6, 6.07) is 1.06. The molecular formula is C14H16O9.